The molecule has 24 heavy (non-hydrogen) atoms. The molecule has 3 rings (SSSR count). The fourth-order valence-electron chi connectivity index (χ4n) is 2.69. The molecule has 7 nitrogen and oxygen atoms in total. The van der Waals surface area contributed by atoms with E-state index >= 15 is 0 Å². The third-order valence-corrected chi connectivity index (χ3v) is 4.35. The molecule has 0 bridgehead atoms. The van der Waals surface area contributed by atoms with Crippen LogP contribution in [0.3, 0.4) is 0 Å². The van der Waals surface area contributed by atoms with Crippen LogP contribution >= 0.6 is 0 Å². The van der Waals surface area contributed by atoms with Gasteiger partial charge in [-0.3, -0.25) is 4.18 Å². The molecule has 2 amide bonds. The van der Waals surface area contributed by atoms with E-state index in [1.54, 1.807) is 0 Å². The minimum Gasteiger partial charge on any atom is -0.318 e. The summed E-state index contributed by atoms with van der Waals surface area (Å²) in [6.45, 7) is 0.226. The van der Waals surface area contributed by atoms with Gasteiger partial charge in [-0.15, -0.1) is 0 Å². The van der Waals surface area contributed by atoms with Gasteiger partial charge in [0.25, 0.3) is 10.1 Å². The molecular formula is C14H15F2N3O4S. The monoisotopic (exact) mass is 359 g/mol. The summed E-state index contributed by atoms with van der Waals surface area (Å²) in [5.74, 6) is -1.45. The van der Waals surface area contributed by atoms with E-state index < -0.39 is 39.9 Å². The van der Waals surface area contributed by atoms with Crippen LogP contribution in [0.4, 0.5) is 13.6 Å². The van der Waals surface area contributed by atoms with Crippen molar-refractivity contribution in [1.82, 2.24) is 9.91 Å². The molecule has 1 aromatic rings. The lowest BCUT2D eigenvalue weighted by Crippen LogP contribution is -2.58. The molecule has 130 valence electrons. The van der Waals surface area contributed by atoms with Crippen LogP contribution < -0.4 is 0 Å². The summed E-state index contributed by atoms with van der Waals surface area (Å²) in [4.78, 5) is 13.8. The van der Waals surface area contributed by atoms with E-state index in [9.17, 15) is 22.0 Å². The van der Waals surface area contributed by atoms with Gasteiger partial charge in [0.15, 0.2) is 0 Å². The lowest BCUT2D eigenvalue weighted by atomic mass is 10.0. The summed E-state index contributed by atoms with van der Waals surface area (Å²) < 4.78 is 53.6. The van der Waals surface area contributed by atoms with Crippen LogP contribution in [-0.2, 0) is 14.3 Å². The molecule has 2 aliphatic rings. The third-order valence-electron chi connectivity index (χ3n) is 3.73. The van der Waals surface area contributed by atoms with Crippen LogP contribution in [0.25, 0.3) is 0 Å². The van der Waals surface area contributed by atoms with Gasteiger partial charge in [-0.2, -0.15) is 13.5 Å². The summed E-state index contributed by atoms with van der Waals surface area (Å²) in [6.07, 6.45) is 2.19. The highest BCUT2D eigenvalue weighted by molar-refractivity contribution is 7.86. The molecule has 1 fully saturated rings. The van der Waals surface area contributed by atoms with Crippen molar-refractivity contribution >= 4 is 22.4 Å². The van der Waals surface area contributed by atoms with Crippen molar-refractivity contribution in [1.29, 1.82) is 0 Å². The fraction of sp³-hybridized carbons (Fsp3) is 0.429. The lowest BCUT2D eigenvalue weighted by molar-refractivity contribution is 0.0318. The first-order chi connectivity index (χ1) is 11.2. The summed E-state index contributed by atoms with van der Waals surface area (Å²) in [5.41, 5.74) is 0.308. The Hall–Kier alpha value is -2.07. The van der Waals surface area contributed by atoms with Crippen molar-refractivity contribution in [2.45, 2.75) is 18.6 Å². The quantitative estimate of drug-likeness (QED) is 0.766. The van der Waals surface area contributed by atoms with Crippen LogP contribution in [0, 0.1) is 11.6 Å². The average Bonchev–Trinajstić information content (AvgIpc) is 2.89. The van der Waals surface area contributed by atoms with E-state index in [0.717, 1.165) is 29.5 Å². The number of carbonyl (C=O) groups excluding carboxylic acids is 1. The van der Waals surface area contributed by atoms with Gasteiger partial charge in [-0.05, 0) is 17.7 Å². The molecule has 1 atom stereocenters. The van der Waals surface area contributed by atoms with Crippen molar-refractivity contribution in [3.63, 3.8) is 0 Å². The predicted octanol–water partition coefficient (Wildman–Crippen LogP) is 1.48. The maximum absolute atomic E-state index is 13.4. The summed E-state index contributed by atoms with van der Waals surface area (Å²) in [5, 5.41) is 5.11. The molecule has 2 aliphatic heterocycles. The van der Waals surface area contributed by atoms with Crippen LogP contribution in [0.1, 0.15) is 18.0 Å². The number of hydrogen-bond donors (Lipinski definition) is 0. The molecule has 0 saturated carbocycles. The Balaban J connectivity index is 1.68. The Morgan fingerprint density at radius 1 is 1.25 bits per heavy atom. The smallest absolute Gasteiger partial charge is 0.318 e. The molecule has 0 spiro atoms. The minimum atomic E-state index is -3.58. The van der Waals surface area contributed by atoms with Crippen LogP contribution in [-0.4, -0.2) is 56.0 Å². The van der Waals surface area contributed by atoms with Gasteiger partial charge < -0.3 is 4.90 Å². The predicted molar refractivity (Wildman–Crippen MR) is 80.7 cm³/mol. The second kappa shape index (κ2) is 6.10. The minimum absolute atomic E-state index is 0.113. The first-order valence-corrected chi connectivity index (χ1v) is 8.99. The van der Waals surface area contributed by atoms with E-state index in [4.69, 9.17) is 4.18 Å². The molecule has 0 N–H and O–H groups in total. The van der Waals surface area contributed by atoms with Crippen molar-refractivity contribution < 1.29 is 26.2 Å². The topological polar surface area (TPSA) is 79.3 Å². The number of urea groups is 1. The number of rotatable bonds is 3. The zero-order valence-corrected chi connectivity index (χ0v) is 13.5. The highest BCUT2D eigenvalue weighted by Crippen LogP contribution is 2.31. The molecule has 0 radical (unpaired) electrons. The fourth-order valence-corrected chi connectivity index (χ4v) is 3.31. The number of benzene rings is 1. The molecule has 0 aromatic heterocycles. The molecule has 10 heteroatoms. The molecule has 1 saturated heterocycles. The zero-order valence-electron chi connectivity index (χ0n) is 12.7. The van der Waals surface area contributed by atoms with E-state index in [-0.39, 0.29) is 13.1 Å². The van der Waals surface area contributed by atoms with Gasteiger partial charge in [-0.25, -0.2) is 18.6 Å². The Morgan fingerprint density at radius 2 is 1.88 bits per heavy atom. The van der Waals surface area contributed by atoms with Gasteiger partial charge in [0.1, 0.15) is 17.7 Å². The Kier molecular flexibility index (Phi) is 4.26. The molecular weight excluding hydrogens is 344 g/mol. The molecule has 1 aromatic carbocycles. The molecule has 0 aliphatic carbocycles. The maximum atomic E-state index is 13.4. The largest absolute Gasteiger partial charge is 0.341 e. The molecule has 2 heterocycles. The highest BCUT2D eigenvalue weighted by Gasteiger charge is 2.39. The van der Waals surface area contributed by atoms with E-state index in [1.807, 2.05) is 0 Å². The summed E-state index contributed by atoms with van der Waals surface area (Å²) >= 11 is 0. The first kappa shape index (κ1) is 16.8. The third kappa shape index (κ3) is 3.54. The van der Waals surface area contributed by atoms with Crippen molar-refractivity contribution in [2.75, 3.05) is 19.3 Å². The normalized spacial score (nSPS) is 21.2. The van der Waals surface area contributed by atoms with Crippen molar-refractivity contribution in [3.05, 3.63) is 35.4 Å². The van der Waals surface area contributed by atoms with Gasteiger partial charge in [-0.1, -0.05) is 0 Å². The number of amides is 2. The number of likely N-dealkylation sites (tertiary alicyclic amines) is 1. The summed E-state index contributed by atoms with van der Waals surface area (Å²) in [7, 11) is -3.58. The second-order valence-electron chi connectivity index (χ2n) is 5.71. The van der Waals surface area contributed by atoms with E-state index in [0.29, 0.717) is 12.0 Å². The lowest BCUT2D eigenvalue weighted by Gasteiger charge is -2.40. The first-order valence-electron chi connectivity index (χ1n) is 7.18. The van der Waals surface area contributed by atoms with Gasteiger partial charge in [0, 0.05) is 18.7 Å². The zero-order chi connectivity index (χ0) is 17.5. The Labute approximate surface area is 137 Å². The van der Waals surface area contributed by atoms with E-state index in [1.165, 1.54) is 11.1 Å². The van der Waals surface area contributed by atoms with Crippen molar-refractivity contribution in [3.8, 4) is 0 Å². The van der Waals surface area contributed by atoms with Crippen molar-refractivity contribution in [2.24, 2.45) is 5.10 Å². The van der Waals surface area contributed by atoms with Crippen LogP contribution in [0.5, 0.6) is 0 Å². The maximum Gasteiger partial charge on any atom is 0.341 e. The second-order valence-corrected chi connectivity index (χ2v) is 7.31. The van der Waals surface area contributed by atoms with Gasteiger partial charge in [0.2, 0.25) is 0 Å². The number of nitrogens with zero attached hydrogens (tertiary/aromatic N) is 3. The molecule has 1 unspecified atom stereocenters. The number of hydrazone groups is 1. The number of carbonyl (C=O) groups is 1. The van der Waals surface area contributed by atoms with E-state index in [2.05, 4.69) is 5.10 Å². The Morgan fingerprint density at radius 3 is 2.46 bits per heavy atom. The Bertz CT molecular complexity index is 773. The number of hydrogen-bond acceptors (Lipinski definition) is 5. The SMILES string of the molecule is CS(=O)(=O)OC1CN(C(=O)N2N=CCC2c2cc(F)cc(F)c2)C1. The van der Waals surface area contributed by atoms with Gasteiger partial charge >= 0.3 is 6.03 Å². The van der Waals surface area contributed by atoms with Crippen LogP contribution in [0.15, 0.2) is 23.3 Å². The van der Waals surface area contributed by atoms with Crippen LogP contribution in [0.2, 0.25) is 0 Å². The summed E-state index contributed by atoms with van der Waals surface area (Å²) in [6, 6.07) is 2.01. The van der Waals surface area contributed by atoms with Gasteiger partial charge in [0.05, 0.1) is 25.4 Å². The number of halogens is 2. The average molecular weight is 359 g/mol. The standard InChI is InChI=1S/C14H15F2N3O4S/c1-24(21,22)23-12-7-18(8-12)14(20)19-13(2-3-17-19)9-4-10(15)6-11(16)5-9/h3-6,12-13H,2,7-8H2,1H3. The highest BCUT2D eigenvalue weighted by atomic mass is 32.2.